The topological polar surface area (TPSA) is 85.7 Å². The second kappa shape index (κ2) is 13.1. The van der Waals surface area contributed by atoms with Gasteiger partial charge in [0.1, 0.15) is 0 Å². The Bertz CT molecular complexity index is 3040. The van der Waals surface area contributed by atoms with Crippen molar-refractivity contribution >= 4 is 20.6 Å². The summed E-state index contributed by atoms with van der Waals surface area (Å²) in [7, 11) is -3.67. The number of hydrogen-bond donors (Lipinski definition) is 0. The lowest BCUT2D eigenvalue weighted by molar-refractivity contribution is 0.598. The highest BCUT2D eigenvalue weighted by atomic mass is 32.2. The Kier molecular flexibility index (Phi) is 7.75. The van der Waals surface area contributed by atoms with Crippen LogP contribution in [0.15, 0.2) is 192 Å². The third-order valence-electron chi connectivity index (χ3n) is 10.2. The zero-order chi connectivity index (χ0) is 36.9. The van der Waals surface area contributed by atoms with E-state index >= 15 is 0 Å². The average molecular weight is 727 g/mol. The van der Waals surface area contributed by atoms with Gasteiger partial charge in [0.25, 0.3) is 0 Å². The van der Waals surface area contributed by atoms with Crippen LogP contribution >= 0.6 is 0 Å². The van der Waals surface area contributed by atoms with E-state index in [1.807, 2.05) is 97.2 Å². The maximum absolute atomic E-state index is 13.7. The summed E-state index contributed by atoms with van der Waals surface area (Å²) in [6, 6.07) is 55.8. The highest BCUT2D eigenvalue weighted by Gasteiger charge is 2.34. The van der Waals surface area contributed by atoms with Gasteiger partial charge in [-0.25, -0.2) is 23.4 Å². The van der Waals surface area contributed by atoms with Crippen molar-refractivity contribution in [3.8, 4) is 78.7 Å². The van der Waals surface area contributed by atoms with Crippen LogP contribution < -0.4 is 0 Å². The van der Waals surface area contributed by atoms with E-state index in [1.54, 1.807) is 24.4 Å². The normalized spacial score (nSPS) is 12.7. The molecular formula is C48H30N4O2S. The monoisotopic (exact) mass is 726 g/mol. The molecule has 1 aliphatic heterocycles. The zero-order valence-corrected chi connectivity index (χ0v) is 30.2. The predicted octanol–water partition coefficient (Wildman–Crippen LogP) is 11.2. The quantitative estimate of drug-likeness (QED) is 0.170. The summed E-state index contributed by atoms with van der Waals surface area (Å²) in [5.41, 5.74) is 9.55. The molecule has 0 amide bonds. The summed E-state index contributed by atoms with van der Waals surface area (Å²) in [5, 5.41) is 2.22. The number of hydrogen-bond acceptors (Lipinski definition) is 6. The lowest BCUT2D eigenvalue weighted by atomic mass is 9.91. The molecule has 0 bridgehead atoms. The molecule has 0 N–H and O–H groups in total. The van der Waals surface area contributed by atoms with Crippen molar-refractivity contribution in [2.75, 3.05) is 0 Å². The zero-order valence-electron chi connectivity index (χ0n) is 29.3. The molecule has 260 valence electrons. The highest BCUT2D eigenvalue weighted by Crippen LogP contribution is 2.48. The van der Waals surface area contributed by atoms with Gasteiger partial charge in [-0.15, -0.1) is 0 Å². The Hall–Kier alpha value is -7.09. The van der Waals surface area contributed by atoms with Crippen LogP contribution in [0.4, 0.5) is 0 Å². The van der Waals surface area contributed by atoms with Gasteiger partial charge in [-0.3, -0.25) is 4.98 Å². The van der Waals surface area contributed by atoms with Gasteiger partial charge in [0.2, 0.25) is 9.84 Å². The number of fused-ring (bicyclic) bond motifs is 4. The van der Waals surface area contributed by atoms with Crippen molar-refractivity contribution in [2.24, 2.45) is 0 Å². The molecule has 10 rings (SSSR count). The van der Waals surface area contributed by atoms with E-state index in [4.69, 9.17) is 15.0 Å². The molecule has 1 aliphatic rings. The minimum atomic E-state index is -3.67. The molecule has 0 spiro atoms. The summed E-state index contributed by atoms with van der Waals surface area (Å²) in [5.74, 6) is 1.58. The molecule has 0 radical (unpaired) electrons. The molecule has 7 aromatic carbocycles. The Morgan fingerprint density at radius 2 is 0.945 bits per heavy atom. The van der Waals surface area contributed by atoms with Gasteiger partial charge in [-0.2, -0.15) is 0 Å². The molecule has 3 heterocycles. The maximum Gasteiger partial charge on any atom is 0.207 e. The average Bonchev–Trinajstić information content (AvgIpc) is 3.49. The Balaban J connectivity index is 1.19. The van der Waals surface area contributed by atoms with Gasteiger partial charge in [0.15, 0.2) is 17.5 Å². The first-order valence-electron chi connectivity index (χ1n) is 17.9. The van der Waals surface area contributed by atoms with Gasteiger partial charge in [-0.1, -0.05) is 127 Å². The molecule has 0 aliphatic carbocycles. The SMILES string of the molecule is O=S1(=O)c2ccccc2-c2c(-c3cc(-c4cccnc4)cc(-c4nc(-c5ccc(-c6ccccc6)cc5)nc(-c5ccc6ccccc6c5)n4)c3)cccc21. The summed E-state index contributed by atoms with van der Waals surface area (Å²) in [4.78, 5) is 20.4. The molecule has 0 saturated carbocycles. The third kappa shape index (κ3) is 5.78. The molecule has 0 unspecified atom stereocenters. The number of pyridine rings is 1. The maximum atomic E-state index is 13.7. The highest BCUT2D eigenvalue weighted by molar-refractivity contribution is 7.92. The van der Waals surface area contributed by atoms with Crippen LogP contribution in [-0.2, 0) is 9.84 Å². The van der Waals surface area contributed by atoms with Crippen molar-refractivity contribution < 1.29 is 8.42 Å². The van der Waals surface area contributed by atoms with E-state index in [-0.39, 0.29) is 0 Å². The van der Waals surface area contributed by atoms with Crippen molar-refractivity contribution in [1.29, 1.82) is 0 Å². The lowest BCUT2D eigenvalue weighted by Gasteiger charge is -2.14. The summed E-state index contributed by atoms with van der Waals surface area (Å²) >= 11 is 0. The number of nitrogens with zero attached hydrogens (tertiary/aromatic N) is 4. The lowest BCUT2D eigenvalue weighted by Crippen LogP contribution is -2.01. The number of sulfone groups is 1. The molecule has 2 aromatic heterocycles. The van der Waals surface area contributed by atoms with E-state index < -0.39 is 9.84 Å². The number of rotatable bonds is 6. The van der Waals surface area contributed by atoms with E-state index in [9.17, 15) is 8.42 Å². The second-order valence-corrected chi connectivity index (χ2v) is 15.4. The molecule has 0 saturated heterocycles. The smallest absolute Gasteiger partial charge is 0.207 e. The molecule has 6 nitrogen and oxygen atoms in total. The molecule has 0 atom stereocenters. The van der Waals surface area contributed by atoms with Gasteiger partial charge in [0, 0.05) is 45.8 Å². The van der Waals surface area contributed by atoms with Crippen molar-refractivity contribution in [3.05, 3.63) is 182 Å². The standard InChI is InChI=1S/C48H30N4O2S/c53-55(54)43-17-7-6-15-42(43)45-41(16-8-18-44(45)55)39-27-38(37-14-9-25-49-30-37)28-40(29-39)48-51-46(34-22-19-33(20-23-34)31-10-2-1-3-11-31)50-47(52-48)36-24-21-32-12-4-5-13-35(32)26-36/h1-30H. The fraction of sp³-hybridized carbons (Fsp3) is 0. The van der Waals surface area contributed by atoms with Crippen LogP contribution in [0.25, 0.3) is 89.4 Å². The van der Waals surface area contributed by atoms with Gasteiger partial charge < -0.3 is 0 Å². The second-order valence-electron chi connectivity index (χ2n) is 13.5. The summed E-state index contributed by atoms with van der Waals surface area (Å²) < 4.78 is 27.5. The predicted molar refractivity (Wildman–Crippen MR) is 219 cm³/mol. The minimum absolute atomic E-state index is 0.305. The summed E-state index contributed by atoms with van der Waals surface area (Å²) in [6.07, 6.45) is 3.57. The molecule has 0 fully saturated rings. The van der Waals surface area contributed by atoms with Crippen molar-refractivity contribution in [1.82, 2.24) is 19.9 Å². The van der Waals surface area contributed by atoms with Crippen LogP contribution in [0.2, 0.25) is 0 Å². The van der Waals surface area contributed by atoms with Crippen molar-refractivity contribution in [3.63, 3.8) is 0 Å². The van der Waals surface area contributed by atoms with Crippen molar-refractivity contribution in [2.45, 2.75) is 9.79 Å². The Labute approximate surface area is 318 Å². The van der Waals surface area contributed by atoms with Crippen LogP contribution in [-0.4, -0.2) is 28.4 Å². The number of benzene rings is 7. The largest absolute Gasteiger partial charge is 0.264 e. The van der Waals surface area contributed by atoms with E-state index in [2.05, 4.69) is 65.6 Å². The third-order valence-corrected chi connectivity index (χ3v) is 12.0. The van der Waals surface area contributed by atoms with Crippen LogP contribution in [0.1, 0.15) is 0 Å². The van der Waals surface area contributed by atoms with E-state index in [1.165, 1.54) is 0 Å². The number of aromatic nitrogens is 4. The molecule has 55 heavy (non-hydrogen) atoms. The first-order valence-corrected chi connectivity index (χ1v) is 19.4. The van der Waals surface area contributed by atoms with Crippen LogP contribution in [0, 0.1) is 0 Å². The first-order chi connectivity index (χ1) is 27.0. The van der Waals surface area contributed by atoms with E-state index in [0.717, 1.165) is 60.8 Å². The fourth-order valence-corrected chi connectivity index (χ4v) is 9.15. The Morgan fingerprint density at radius 1 is 0.364 bits per heavy atom. The van der Waals surface area contributed by atoms with Gasteiger partial charge >= 0.3 is 0 Å². The summed E-state index contributed by atoms with van der Waals surface area (Å²) in [6.45, 7) is 0. The molecule has 7 heteroatoms. The minimum Gasteiger partial charge on any atom is -0.264 e. The molecular weight excluding hydrogens is 697 g/mol. The first kappa shape index (κ1) is 32.6. The fourth-order valence-electron chi connectivity index (χ4n) is 7.45. The van der Waals surface area contributed by atoms with Crippen LogP contribution in [0.5, 0.6) is 0 Å². The van der Waals surface area contributed by atoms with Gasteiger partial charge in [-0.05, 0) is 81.1 Å². The van der Waals surface area contributed by atoms with Gasteiger partial charge in [0.05, 0.1) is 9.79 Å². The van der Waals surface area contributed by atoms with E-state index in [0.29, 0.717) is 38.4 Å². The Morgan fingerprint density at radius 3 is 1.75 bits per heavy atom. The molecule has 9 aromatic rings. The van der Waals surface area contributed by atoms with Crippen LogP contribution in [0.3, 0.4) is 0 Å².